The summed E-state index contributed by atoms with van der Waals surface area (Å²) in [5.74, 6) is 3.44. The third-order valence-electron chi connectivity index (χ3n) is 2.77. The van der Waals surface area contributed by atoms with E-state index in [1.807, 2.05) is 30.3 Å². The molecule has 0 saturated heterocycles. The summed E-state index contributed by atoms with van der Waals surface area (Å²) >= 11 is 6.45. The molecular weight excluding hydrogens is 318 g/mol. The average Bonchev–Trinajstić information content (AvgIpc) is 3.00. The van der Waals surface area contributed by atoms with Gasteiger partial charge < -0.3 is 14.9 Å². The van der Waals surface area contributed by atoms with Crippen LogP contribution in [-0.2, 0) is 11.5 Å². The van der Waals surface area contributed by atoms with Crippen molar-refractivity contribution in [1.82, 2.24) is 5.43 Å². The summed E-state index contributed by atoms with van der Waals surface area (Å²) in [5.41, 5.74) is 9.89. The van der Waals surface area contributed by atoms with E-state index in [1.165, 1.54) is 0 Å². The van der Waals surface area contributed by atoms with E-state index in [9.17, 15) is 0 Å². The van der Waals surface area contributed by atoms with Crippen LogP contribution >= 0.6 is 24.0 Å². The summed E-state index contributed by atoms with van der Waals surface area (Å²) in [5, 5.41) is 4.09. The number of methoxy groups -OCH3 is 1. The number of thiocarbonyl (C=S) groups is 1. The zero-order valence-electron chi connectivity index (χ0n) is 12.1. The van der Waals surface area contributed by atoms with Crippen LogP contribution in [0, 0.1) is 0 Å². The molecule has 0 radical (unpaired) electrons. The summed E-state index contributed by atoms with van der Waals surface area (Å²) in [6, 6.07) is 9.73. The summed E-state index contributed by atoms with van der Waals surface area (Å²) < 4.78 is 10.7. The number of nitrogens with one attached hydrogen (secondary N) is 1. The third-order valence-corrected chi connectivity index (χ3v) is 3.87. The molecule has 0 aliphatic heterocycles. The molecule has 2 aromatic rings. The van der Waals surface area contributed by atoms with E-state index in [4.69, 9.17) is 27.1 Å². The maximum atomic E-state index is 5.39. The highest BCUT2D eigenvalue weighted by molar-refractivity contribution is 7.97. The Morgan fingerprint density at radius 3 is 3.00 bits per heavy atom. The third kappa shape index (κ3) is 5.09. The molecule has 5 nitrogen and oxygen atoms in total. The molecule has 2 rings (SSSR count). The van der Waals surface area contributed by atoms with Gasteiger partial charge in [0.2, 0.25) is 0 Å². The van der Waals surface area contributed by atoms with E-state index in [0.717, 1.165) is 34.1 Å². The van der Waals surface area contributed by atoms with Crippen molar-refractivity contribution in [2.45, 2.75) is 11.5 Å². The molecule has 0 aliphatic carbocycles. The summed E-state index contributed by atoms with van der Waals surface area (Å²) in [7, 11) is 1.66. The molecule has 7 heteroatoms. The molecule has 116 valence electrons. The van der Waals surface area contributed by atoms with Crippen molar-refractivity contribution in [1.29, 1.82) is 0 Å². The van der Waals surface area contributed by atoms with Crippen molar-refractivity contribution >= 4 is 35.3 Å². The van der Waals surface area contributed by atoms with Gasteiger partial charge in [0.15, 0.2) is 5.11 Å². The highest BCUT2D eigenvalue weighted by Gasteiger charge is 2.05. The maximum Gasteiger partial charge on any atom is 0.184 e. The standard InChI is InChI=1S/C15H17N3O2S2/c1-19-14-5-4-11(8-17-18-15(16)21)7-12(14)9-22-10-13-3-2-6-20-13/h2-8H,9-10H2,1H3,(H3,16,18,21). The van der Waals surface area contributed by atoms with Gasteiger partial charge in [0.05, 0.1) is 25.3 Å². The van der Waals surface area contributed by atoms with Gasteiger partial charge in [0, 0.05) is 11.3 Å². The Kier molecular flexibility index (Phi) is 6.29. The van der Waals surface area contributed by atoms with Crippen LogP contribution in [0.2, 0.25) is 0 Å². The summed E-state index contributed by atoms with van der Waals surface area (Å²) in [4.78, 5) is 0. The second-order valence-corrected chi connectivity index (χ2v) is 5.80. The van der Waals surface area contributed by atoms with E-state index in [1.54, 1.807) is 31.3 Å². The van der Waals surface area contributed by atoms with Crippen molar-refractivity contribution in [3.05, 3.63) is 53.5 Å². The van der Waals surface area contributed by atoms with E-state index >= 15 is 0 Å². The molecule has 0 fully saturated rings. The highest BCUT2D eigenvalue weighted by atomic mass is 32.2. The van der Waals surface area contributed by atoms with E-state index < -0.39 is 0 Å². The van der Waals surface area contributed by atoms with Gasteiger partial charge in [-0.1, -0.05) is 0 Å². The minimum Gasteiger partial charge on any atom is -0.496 e. The molecule has 0 aliphatic rings. The van der Waals surface area contributed by atoms with Crippen LogP contribution in [0.25, 0.3) is 0 Å². The molecule has 0 spiro atoms. The monoisotopic (exact) mass is 335 g/mol. The number of hydrazone groups is 1. The molecule has 1 heterocycles. The normalized spacial score (nSPS) is 10.8. The van der Waals surface area contributed by atoms with Gasteiger partial charge in [-0.2, -0.15) is 5.10 Å². The van der Waals surface area contributed by atoms with Gasteiger partial charge in [0.25, 0.3) is 0 Å². The van der Waals surface area contributed by atoms with Crippen molar-refractivity contribution in [2.75, 3.05) is 7.11 Å². The topological polar surface area (TPSA) is 72.8 Å². The van der Waals surface area contributed by atoms with E-state index in [-0.39, 0.29) is 5.11 Å². The van der Waals surface area contributed by atoms with Crippen molar-refractivity contribution in [2.24, 2.45) is 10.8 Å². The number of benzene rings is 1. The van der Waals surface area contributed by atoms with Crippen LogP contribution in [0.4, 0.5) is 0 Å². The van der Waals surface area contributed by atoms with Gasteiger partial charge in [-0.3, -0.25) is 5.43 Å². The molecular formula is C15H17N3O2S2. The lowest BCUT2D eigenvalue weighted by atomic mass is 10.1. The van der Waals surface area contributed by atoms with Crippen LogP contribution in [0.5, 0.6) is 5.75 Å². The molecule has 22 heavy (non-hydrogen) atoms. The van der Waals surface area contributed by atoms with Gasteiger partial charge in [-0.05, 0) is 48.1 Å². The minimum absolute atomic E-state index is 0.138. The average molecular weight is 335 g/mol. The second-order valence-electron chi connectivity index (χ2n) is 4.38. The largest absolute Gasteiger partial charge is 0.496 e. The Morgan fingerprint density at radius 1 is 1.45 bits per heavy atom. The first-order valence-electron chi connectivity index (χ1n) is 6.54. The van der Waals surface area contributed by atoms with Crippen LogP contribution in [-0.4, -0.2) is 18.4 Å². The Hall–Kier alpha value is -1.99. The fourth-order valence-corrected chi connectivity index (χ4v) is 2.78. The molecule has 0 saturated carbocycles. The van der Waals surface area contributed by atoms with Crippen molar-refractivity contribution in [3.63, 3.8) is 0 Å². The lowest BCUT2D eigenvalue weighted by Crippen LogP contribution is -2.23. The van der Waals surface area contributed by atoms with Crippen LogP contribution in [0.3, 0.4) is 0 Å². The molecule has 0 atom stereocenters. The fraction of sp³-hybridized carbons (Fsp3) is 0.200. The maximum absolute atomic E-state index is 5.39. The SMILES string of the molecule is COc1ccc(C=NNC(N)=S)cc1CSCc1ccco1. The lowest BCUT2D eigenvalue weighted by Gasteiger charge is -2.09. The molecule has 0 bridgehead atoms. The predicted octanol–water partition coefficient (Wildman–Crippen LogP) is 2.89. The van der Waals surface area contributed by atoms with Gasteiger partial charge in [-0.25, -0.2) is 0 Å². The zero-order chi connectivity index (χ0) is 15.8. The van der Waals surface area contributed by atoms with Crippen LogP contribution < -0.4 is 15.9 Å². The molecule has 1 aromatic heterocycles. The molecule has 1 aromatic carbocycles. The van der Waals surface area contributed by atoms with Gasteiger partial charge in [-0.15, -0.1) is 11.8 Å². The van der Waals surface area contributed by atoms with E-state index in [0.29, 0.717) is 0 Å². The Balaban J connectivity index is 2.00. The number of hydrogen-bond acceptors (Lipinski definition) is 5. The van der Waals surface area contributed by atoms with Crippen molar-refractivity contribution in [3.8, 4) is 5.75 Å². The lowest BCUT2D eigenvalue weighted by molar-refractivity contribution is 0.411. The minimum atomic E-state index is 0.138. The number of hydrogen-bond donors (Lipinski definition) is 2. The molecule has 0 amide bonds. The van der Waals surface area contributed by atoms with Crippen LogP contribution in [0.1, 0.15) is 16.9 Å². The number of ether oxygens (including phenoxy) is 1. The number of thioether (sulfide) groups is 1. The number of furan rings is 1. The Bertz CT molecular complexity index is 642. The number of nitrogens with two attached hydrogens (primary N) is 1. The highest BCUT2D eigenvalue weighted by Crippen LogP contribution is 2.26. The summed E-state index contributed by atoms with van der Waals surface area (Å²) in [6.07, 6.45) is 3.35. The number of nitrogens with zero attached hydrogens (tertiary/aromatic N) is 1. The first-order chi connectivity index (χ1) is 10.7. The Labute approximate surface area is 138 Å². The van der Waals surface area contributed by atoms with E-state index in [2.05, 4.69) is 10.5 Å². The smallest absolute Gasteiger partial charge is 0.184 e. The second kappa shape index (κ2) is 8.45. The first kappa shape index (κ1) is 16.4. The summed E-state index contributed by atoms with van der Waals surface area (Å²) in [6.45, 7) is 0. The van der Waals surface area contributed by atoms with Gasteiger partial charge >= 0.3 is 0 Å². The van der Waals surface area contributed by atoms with Gasteiger partial charge in [0.1, 0.15) is 11.5 Å². The number of rotatable bonds is 7. The quantitative estimate of drug-likeness (QED) is 0.460. The van der Waals surface area contributed by atoms with Crippen LogP contribution in [0.15, 0.2) is 46.1 Å². The molecule has 3 N–H and O–H groups in total. The zero-order valence-corrected chi connectivity index (χ0v) is 13.7. The fourth-order valence-electron chi connectivity index (χ4n) is 1.82. The first-order valence-corrected chi connectivity index (χ1v) is 8.11. The molecule has 0 unspecified atom stereocenters. The predicted molar refractivity (Wildman–Crippen MR) is 94.2 cm³/mol. The Morgan fingerprint density at radius 2 is 2.32 bits per heavy atom. The van der Waals surface area contributed by atoms with Crippen molar-refractivity contribution < 1.29 is 9.15 Å².